The lowest BCUT2D eigenvalue weighted by Gasteiger charge is -2.24. The van der Waals surface area contributed by atoms with Crippen LogP contribution in [0.2, 0.25) is 0 Å². The molecule has 1 aliphatic heterocycles. The number of esters is 1. The van der Waals surface area contributed by atoms with Gasteiger partial charge in [0.25, 0.3) is 5.91 Å². The Morgan fingerprint density at radius 1 is 1.00 bits per heavy atom. The summed E-state index contributed by atoms with van der Waals surface area (Å²) in [6.45, 7) is 2.55. The third-order valence-corrected chi connectivity index (χ3v) is 6.68. The number of amides is 2. The summed E-state index contributed by atoms with van der Waals surface area (Å²) in [5.41, 5.74) is 2.27. The molecule has 0 unspecified atom stereocenters. The summed E-state index contributed by atoms with van der Waals surface area (Å²) in [4.78, 5) is 41.5. The molecule has 1 N–H and O–H groups in total. The predicted octanol–water partition coefficient (Wildman–Crippen LogP) is 4.57. The van der Waals surface area contributed by atoms with E-state index in [0.29, 0.717) is 28.3 Å². The lowest BCUT2D eigenvalue weighted by Crippen LogP contribution is -2.39. The van der Waals surface area contributed by atoms with E-state index < -0.39 is 12.0 Å². The molecule has 2 amide bonds. The Morgan fingerprint density at radius 2 is 1.68 bits per heavy atom. The molecule has 3 aromatic rings. The highest BCUT2D eigenvalue weighted by Gasteiger charge is 2.43. The van der Waals surface area contributed by atoms with Crippen LogP contribution in [0.15, 0.2) is 78.9 Å². The molecule has 1 saturated heterocycles. The number of anilines is 1. The Bertz CT molecular complexity index is 1320. The average Bonchev–Trinajstić information content (AvgIpc) is 3.13. The zero-order valence-corrected chi connectivity index (χ0v) is 21.7. The van der Waals surface area contributed by atoms with Crippen molar-refractivity contribution < 1.29 is 23.5 Å². The molecule has 38 heavy (non-hydrogen) atoms. The first-order valence-electron chi connectivity index (χ1n) is 12.3. The van der Waals surface area contributed by atoms with E-state index in [1.807, 2.05) is 30.3 Å². The van der Waals surface area contributed by atoms with Crippen LogP contribution >= 0.6 is 12.2 Å². The van der Waals surface area contributed by atoms with E-state index in [0.717, 1.165) is 5.56 Å². The van der Waals surface area contributed by atoms with Gasteiger partial charge in [-0.15, -0.1) is 0 Å². The minimum absolute atomic E-state index is 0.138. The molecule has 1 atom stereocenters. The van der Waals surface area contributed by atoms with Crippen LogP contribution in [0.4, 0.5) is 10.1 Å². The number of benzene rings is 3. The highest BCUT2D eigenvalue weighted by molar-refractivity contribution is 7.80. The maximum Gasteiger partial charge on any atom is 0.338 e. The van der Waals surface area contributed by atoms with Crippen LogP contribution < -0.4 is 5.32 Å². The summed E-state index contributed by atoms with van der Waals surface area (Å²) in [6.07, 6.45) is 0.188. The van der Waals surface area contributed by atoms with Gasteiger partial charge >= 0.3 is 5.97 Å². The number of nitrogens with one attached hydrogen (secondary N) is 1. The smallest absolute Gasteiger partial charge is 0.338 e. The van der Waals surface area contributed by atoms with Crippen molar-refractivity contribution in [3.05, 3.63) is 101 Å². The zero-order valence-electron chi connectivity index (χ0n) is 20.9. The summed E-state index contributed by atoms with van der Waals surface area (Å²) < 4.78 is 19.2. The molecule has 1 heterocycles. The van der Waals surface area contributed by atoms with Crippen LogP contribution in [-0.4, -0.2) is 51.9 Å². The number of halogens is 1. The molecule has 9 heteroatoms. The lowest BCUT2D eigenvalue weighted by molar-refractivity contribution is -0.131. The fraction of sp³-hybridized carbons (Fsp3) is 0.241. The minimum atomic E-state index is -0.822. The number of hydrogen-bond donors (Lipinski definition) is 1. The third-order valence-electron chi connectivity index (χ3n) is 6.23. The summed E-state index contributed by atoms with van der Waals surface area (Å²) >= 11 is 5.67. The Morgan fingerprint density at radius 3 is 2.37 bits per heavy atom. The summed E-state index contributed by atoms with van der Waals surface area (Å²) in [7, 11) is 0. The average molecular weight is 534 g/mol. The number of hydrogen-bond acceptors (Lipinski definition) is 5. The Balaban J connectivity index is 1.48. The summed E-state index contributed by atoms with van der Waals surface area (Å²) in [5.74, 6) is -1.43. The first-order valence-corrected chi connectivity index (χ1v) is 12.7. The number of rotatable bonds is 10. The largest absolute Gasteiger partial charge is 0.462 e. The van der Waals surface area contributed by atoms with Crippen LogP contribution in [0.1, 0.15) is 34.8 Å². The Kier molecular flexibility index (Phi) is 8.81. The van der Waals surface area contributed by atoms with Crippen LogP contribution in [0.25, 0.3) is 0 Å². The molecule has 0 aromatic heterocycles. The molecule has 4 rings (SSSR count). The van der Waals surface area contributed by atoms with E-state index in [1.165, 1.54) is 11.0 Å². The number of carbonyl (C=O) groups is 3. The van der Waals surface area contributed by atoms with Crippen molar-refractivity contribution in [2.24, 2.45) is 0 Å². The Labute approximate surface area is 226 Å². The van der Waals surface area contributed by atoms with Crippen molar-refractivity contribution in [2.45, 2.75) is 32.4 Å². The van der Waals surface area contributed by atoms with E-state index in [9.17, 15) is 18.8 Å². The third kappa shape index (κ3) is 6.41. The topological polar surface area (TPSA) is 78.9 Å². The quantitative estimate of drug-likeness (QED) is 0.304. The lowest BCUT2D eigenvalue weighted by atomic mass is 10.1. The van der Waals surface area contributed by atoms with Gasteiger partial charge in [-0.3, -0.25) is 14.5 Å². The second-order valence-corrected chi connectivity index (χ2v) is 9.16. The number of nitrogens with zero attached hydrogens (tertiary/aromatic N) is 2. The SMILES string of the molecule is CCOC(=O)c1ccc(NC(=O)C[C@H]2C(=O)N(Cc3ccccc3)C(=S)N2CCc2ccccc2F)cc1. The fourth-order valence-electron chi connectivity index (χ4n) is 4.29. The van der Waals surface area contributed by atoms with Crippen molar-refractivity contribution in [3.8, 4) is 0 Å². The maximum absolute atomic E-state index is 14.3. The molecule has 0 radical (unpaired) electrons. The molecule has 0 saturated carbocycles. The molecule has 1 aliphatic rings. The van der Waals surface area contributed by atoms with Gasteiger partial charge in [0, 0.05) is 12.2 Å². The normalized spacial score (nSPS) is 15.1. The molecule has 0 spiro atoms. The van der Waals surface area contributed by atoms with Crippen LogP contribution in [-0.2, 0) is 27.3 Å². The van der Waals surface area contributed by atoms with Crippen molar-refractivity contribution >= 4 is 40.8 Å². The van der Waals surface area contributed by atoms with Gasteiger partial charge in [-0.25, -0.2) is 9.18 Å². The van der Waals surface area contributed by atoms with Crippen molar-refractivity contribution in [3.63, 3.8) is 0 Å². The molecule has 1 fully saturated rings. The van der Waals surface area contributed by atoms with E-state index in [2.05, 4.69) is 5.32 Å². The van der Waals surface area contributed by atoms with E-state index in [-0.39, 0.29) is 43.7 Å². The molecular weight excluding hydrogens is 505 g/mol. The van der Waals surface area contributed by atoms with Crippen LogP contribution in [0.3, 0.4) is 0 Å². The molecule has 0 aliphatic carbocycles. The molecule has 7 nitrogen and oxygen atoms in total. The number of carbonyl (C=O) groups excluding carboxylic acids is 3. The van der Waals surface area contributed by atoms with Crippen LogP contribution in [0, 0.1) is 5.82 Å². The van der Waals surface area contributed by atoms with Crippen molar-refractivity contribution in [1.29, 1.82) is 0 Å². The van der Waals surface area contributed by atoms with Crippen LogP contribution in [0.5, 0.6) is 0 Å². The van der Waals surface area contributed by atoms with Gasteiger partial charge in [0.15, 0.2) is 5.11 Å². The highest BCUT2D eigenvalue weighted by Crippen LogP contribution is 2.24. The zero-order chi connectivity index (χ0) is 27.1. The first kappa shape index (κ1) is 26.9. The second kappa shape index (κ2) is 12.4. The van der Waals surface area contributed by atoms with E-state index in [1.54, 1.807) is 54.3 Å². The van der Waals surface area contributed by atoms with Gasteiger partial charge in [0.1, 0.15) is 11.9 Å². The van der Waals surface area contributed by atoms with Crippen molar-refractivity contribution in [2.75, 3.05) is 18.5 Å². The standard InChI is InChI=1S/C29H28FN3O4S/c1-2-37-28(36)22-12-14-23(15-13-22)31-26(34)18-25-27(35)33(19-20-8-4-3-5-9-20)29(38)32(25)17-16-21-10-6-7-11-24(21)30/h3-15,25H,2,16-19H2,1H3,(H,31,34)/t25-/m0/s1. The fourth-order valence-corrected chi connectivity index (χ4v) is 4.66. The number of thiocarbonyl (C=S) groups is 1. The molecule has 0 bridgehead atoms. The van der Waals surface area contributed by atoms with Crippen molar-refractivity contribution in [1.82, 2.24) is 9.80 Å². The van der Waals surface area contributed by atoms with E-state index in [4.69, 9.17) is 17.0 Å². The monoisotopic (exact) mass is 533 g/mol. The maximum atomic E-state index is 14.3. The predicted molar refractivity (Wildman–Crippen MR) is 146 cm³/mol. The Hall–Kier alpha value is -4.11. The van der Waals surface area contributed by atoms with Gasteiger partial charge in [-0.05, 0) is 67.0 Å². The number of ether oxygens (including phenoxy) is 1. The van der Waals surface area contributed by atoms with Gasteiger partial charge < -0.3 is 15.0 Å². The van der Waals surface area contributed by atoms with Gasteiger partial charge in [-0.2, -0.15) is 0 Å². The molecule has 196 valence electrons. The highest BCUT2D eigenvalue weighted by atomic mass is 32.1. The summed E-state index contributed by atoms with van der Waals surface area (Å²) in [6, 6.07) is 21.4. The first-order chi connectivity index (χ1) is 18.4. The van der Waals surface area contributed by atoms with Gasteiger partial charge in [0.05, 0.1) is 25.1 Å². The van der Waals surface area contributed by atoms with Gasteiger partial charge in [0.2, 0.25) is 5.91 Å². The molecular formula is C29H28FN3O4S. The second-order valence-electron chi connectivity index (χ2n) is 8.79. The molecule has 3 aromatic carbocycles. The van der Waals surface area contributed by atoms with E-state index >= 15 is 0 Å². The minimum Gasteiger partial charge on any atom is -0.462 e. The summed E-state index contributed by atoms with van der Waals surface area (Å²) in [5, 5.41) is 3.09. The van der Waals surface area contributed by atoms with Gasteiger partial charge in [-0.1, -0.05) is 48.5 Å².